The Morgan fingerprint density at radius 3 is 2.60 bits per heavy atom. The molecule has 9 heteroatoms. The van der Waals surface area contributed by atoms with Crippen molar-refractivity contribution < 1.29 is 27.5 Å². The van der Waals surface area contributed by atoms with Gasteiger partial charge in [-0.3, -0.25) is 14.5 Å². The van der Waals surface area contributed by atoms with E-state index in [0.717, 1.165) is 25.2 Å². The van der Waals surface area contributed by atoms with Gasteiger partial charge in [0.15, 0.2) is 0 Å². The monoisotopic (exact) mass is 427 g/mol. The number of hydrogen-bond acceptors (Lipinski definition) is 4. The minimum atomic E-state index is -4.49. The molecule has 30 heavy (non-hydrogen) atoms. The zero-order valence-corrected chi connectivity index (χ0v) is 17.2. The second kappa shape index (κ2) is 9.34. The van der Waals surface area contributed by atoms with Gasteiger partial charge in [-0.2, -0.15) is 13.2 Å². The molecule has 2 amide bonds. The Morgan fingerprint density at radius 2 is 1.97 bits per heavy atom. The van der Waals surface area contributed by atoms with Crippen LogP contribution in [0.25, 0.3) is 0 Å². The third kappa shape index (κ3) is 5.31. The zero-order chi connectivity index (χ0) is 21.9. The molecule has 2 heterocycles. The van der Waals surface area contributed by atoms with Gasteiger partial charge < -0.3 is 15.0 Å². The fourth-order valence-electron chi connectivity index (χ4n) is 4.03. The molecule has 0 spiro atoms. The highest BCUT2D eigenvalue weighted by Crippen LogP contribution is 2.33. The minimum absolute atomic E-state index is 0.00796. The number of amides is 2. The predicted octanol–water partition coefficient (Wildman–Crippen LogP) is 2.53. The van der Waals surface area contributed by atoms with Gasteiger partial charge in [0.05, 0.1) is 24.7 Å². The van der Waals surface area contributed by atoms with E-state index in [1.807, 2.05) is 0 Å². The number of nitrogens with one attached hydrogen (secondary N) is 1. The number of carbonyl (C=O) groups excluding carboxylic acids is 2. The molecular weight excluding hydrogens is 399 g/mol. The molecule has 2 aliphatic rings. The summed E-state index contributed by atoms with van der Waals surface area (Å²) < 4.78 is 44.3. The van der Waals surface area contributed by atoms with Crippen LogP contribution in [0.15, 0.2) is 24.3 Å². The molecule has 2 aliphatic heterocycles. The fraction of sp³-hybridized carbons (Fsp3) is 0.619. The maximum Gasteiger partial charge on any atom is 0.416 e. The van der Waals surface area contributed by atoms with Crippen molar-refractivity contribution in [2.75, 3.05) is 44.3 Å². The van der Waals surface area contributed by atoms with Crippen molar-refractivity contribution in [3.8, 4) is 0 Å². The highest BCUT2D eigenvalue weighted by Gasteiger charge is 2.37. The summed E-state index contributed by atoms with van der Waals surface area (Å²) in [6, 6.07) is 4.81. The molecule has 0 aliphatic carbocycles. The Kier molecular flexibility index (Phi) is 7.02. The Balaban J connectivity index is 1.61. The Labute approximate surface area is 174 Å². The lowest BCUT2D eigenvalue weighted by Crippen LogP contribution is -2.51. The first-order valence-corrected chi connectivity index (χ1v) is 10.2. The number of ether oxygens (including phenoxy) is 1. The maximum atomic E-state index is 13.0. The van der Waals surface area contributed by atoms with Crippen LogP contribution in [0.5, 0.6) is 0 Å². The molecule has 1 N–H and O–H groups in total. The average molecular weight is 427 g/mol. The van der Waals surface area contributed by atoms with Crippen LogP contribution in [-0.4, -0.2) is 62.1 Å². The molecule has 2 unspecified atom stereocenters. The van der Waals surface area contributed by atoms with Crippen LogP contribution < -0.4 is 10.2 Å². The average Bonchev–Trinajstić information content (AvgIpc) is 3.10. The third-order valence-electron chi connectivity index (χ3n) is 5.75. The molecule has 3 rings (SSSR count). The highest BCUT2D eigenvalue weighted by molar-refractivity contribution is 6.00. The predicted molar refractivity (Wildman–Crippen MR) is 106 cm³/mol. The molecule has 1 aromatic carbocycles. The number of halogens is 3. The van der Waals surface area contributed by atoms with Gasteiger partial charge >= 0.3 is 6.18 Å². The van der Waals surface area contributed by atoms with E-state index < -0.39 is 17.7 Å². The van der Waals surface area contributed by atoms with Crippen LogP contribution in [0.4, 0.5) is 18.9 Å². The van der Waals surface area contributed by atoms with E-state index in [-0.39, 0.29) is 36.5 Å². The zero-order valence-electron chi connectivity index (χ0n) is 17.2. The molecule has 6 nitrogen and oxygen atoms in total. The first-order chi connectivity index (χ1) is 14.2. The molecule has 0 saturated carbocycles. The number of anilines is 1. The SMILES string of the molecule is CC(C)C(CNC(=O)C1CC(=O)N(c2cccc(C(F)(F)F)c2)C1)N1CCOCC1. The topological polar surface area (TPSA) is 61.9 Å². The molecule has 0 aromatic heterocycles. The number of hydrogen-bond donors (Lipinski definition) is 1. The van der Waals surface area contributed by atoms with Gasteiger partial charge in [-0.15, -0.1) is 0 Å². The molecule has 2 fully saturated rings. The molecule has 2 saturated heterocycles. The van der Waals surface area contributed by atoms with Crippen molar-refractivity contribution in [3.63, 3.8) is 0 Å². The van der Waals surface area contributed by atoms with E-state index in [1.54, 1.807) is 0 Å². The number of nitrogens with zero attached hydrogens (tertiary/aromatic N) is 2. The van der Waals surface area contributed by atoms with Crippen LogP contribution in [0.1, 0.15) is 25.8 Å². The smallest absolute Gasteiger partial charge is 0.379 e. The fourth-order valence-corrected chi connectivity index (χ4v) is 4.03. The van der Waals surface area contributed by atoms with Crippen molar-refractivity contribution >= 4 is 17.5 Å². The van der Waals surface area contributed by atoms with Gasteiger partial charge in [0.25, 0.3) is 0 Å². The summed E-state index contributed by atoms with van der Waals surface area (Å²) in [5.41, 5.74) is -0.649. The first kappa shape index (κ1) is 22.6. The van der Waals surface area contributed by atoms with Gasteiger partial charge in [-0.1, -0.05) is 19.9 Å². The minimum Gasteiger partial charge on any atom is -0.379 e. The quantitative estimate of drug-likeness (QED) is 0.758. The van der Waals surface area contributed by atoms with Gasteiger partial charge in [0.2, 0.25) is 11.8 Å². The van der Waals surface area contributed by atoms with Crippen molar-refractivity contribution in [2.24, 2.45) is 11.8 Å². The second-order valence-corrected chi connectivity index (χ2v) is 8.16. The highest BCUT2D eigenvalue weighted by atomic mass is 19.4. The molecule has 0 radical (unpaired) electrons. The first-order valence-electron chi connectivity index (χ1n) is 10.2. The summed E-state index contributed by atoms with van der Waals surface area (Å²) in [4.78, 5) is 28.6. The van der Waals surface area contributed by atoms with E-state index in [0.29, 0.717) is 25.7 Å². The van der Waals surface area contributed by atoms with Crippen LogP contribution in [0, 0.1) is 11.8 Å². The summed E-state index contributed by atoms with van der Waals surface area (Å²) >= 11 is 0. The third-order valence-corrected chi connectivity index (χ3v) is 5.75. The second-order valence-electron chi connectivity index (χ2n) is 8.16. The number of carbonyl (C=O) groups is 2. The van der Waals surface area contributed by atoms with E-state index >= 15 is 0 Å². The van der Waals surface area contributed by atoms with Crippen molar-refractivity contribution in [3.05, 3.63) is 29.8 Å². The lowest BCUT2D eigenvalue weighted by Gasteiger charge is -2.37. The largest absolute Gasteiger partial charge is 0.416 e. The van der Waals surface area contributed by atoms with Gasteiger partial charge in [-0.25, -0.2) is 0 Å². The Morgan fingerprint density at radius 1 is 1.27 bits per heavy atom. The molecule has 1 aromatic rings. The Bertz CT molecular complexity index is 763. The molecule has 0 bridgehead atoms. The van der Waals surface area contributed by atoms with E-state index in [4.69, 9.17) is 4.74 Å². The van der Waals surface area contributed by atoms with Crippen LogP contribution in [0.2, 0.25) is 0 Å². The molecular formula is C21H28F3N3O3. The summed E-state index contributed by atoms with van der Waals surface area (Å²) in [7, 11) is 0. The van der Waals surface area contributed by atoms with Crippen molar-refractivity contribution in [2.45, 2.75) is 32.5 Å². The number of rotatable bonds is 6. The van der Waals surface area contributed by atoms with Crippen LogP contribution in [-0.2, 0) is 20.5 Å². The van der Waals surface area contributed by atoms with E-state index in [1.165, 1.54) is 17.0 Å². The summed E-state index contributed by atoms with van der Waals surface area (Å²) in [6.45, 7) is 7.69. The van der Waals surface area contributed by atoms with Crippen LogP contribution >= 0.6 is 0 Å². The van der Waals surface area contributed by atoms with Crippen molar-refractivity contribution in [1.82, 2.24) is 10.2 Å². The van der Waals surface area contributed by atoms with Crippen molar-refractivity contribution in [1.29, 1.82) is 0 Å². The summed E-state index contributed by atoms with van der Waals surface area (Å²) in [5, 5.41) is 2.95. The lowest BCUT2D eigenvalue weighted by atomic mass is 10.0. The number of morpholine rings is 1. The maximum absolute atomic E-state index is 13.0. The standard InChI is InChI=1S/C21H28F3N3O3/c1-14(2)18(26-6-8-30-9-7-26)12-25-20(29)15-10-19(28)27(13-15)17-5-3-4-16(11-17)21(22,23)24/h3-5,11,14-15,18H,6-10,12-13H2,1-2H3,(H,25,29). The van der Waals surface area contributed by atoms with Gasteiger partial charge in [-0.05, 0) is 24.1 Å². The van der Waals surface area contributed by atoms with E-state index in [2.05, 4.69) is 24.1 Å². The van der Waals surface area contributed by atoms with Crippen LogP contribution in [0.3, 0.4) is 0 Å². The summed E-state index contributed by atoms with van der Waals surface area (Å²) in [5.74, 6) is -0.834. The normalized spacial score (nSPS) is 21.9. The number of benzene rings is 1. The van der Waals surface area contributed by atoms with Gasteiger partial charge in [0.1, 0.15) is 0 Å². The Hall–Kier alpha value is -2.13. The van der Waals surface area contributed by atoms with E-state index in [9.17, 15) is 22.8 Å². The lowest BCUT2D eigenvalue weighted by molar-refractivity contribution is -0.137. The molecule has 166 valence electrons. The summed E-state index contributed by atoms with van der Waals surface area (Å²) in [6.07, 6.45) is -4.49. The molecule has 2 atom stereocenters. The van der Waals surface area contributed by atoms with Gasteiger partial charge in [0, 0.05) is 44.3 Å². The number of alkyl halides is 3.